The average Bonchev–Trinajstić information content (AvgIpc) is 2.62. The van der Waals surface area contributed by atoms with Gasteiger partial charge in [0.2, 0.25) is 0 Å². The molecule has 2 aromatic rings. The molecule has 6 heteroatoms. The first-order valence-corrected chi connectivity index (χ1v) is 8.39. The van der Waals surface area contributed by atoms with Crippen LogP contribution in [-0.2, 0) is 0 Å². The fourth-order valence-corrected chi connectivity index (χ4v) is 2.39. The van der Waals surface area contributed by atoms with Crippen molar-refractivity contribution in [2.75, 3.05) is 11.9 Å². The SMILES string of the molecule is CCCCCCOc1ccccc1C(=O)Nc1cccc([N+](=O)[O-])c1. The number of carbonyl (C=O) groups is 1. The number of unbranched alkanes of at least 4 members (excludes halogenated alkanes) is 3. The van der Waals surface area contributed by atoms with Crippen LogP contribution in [0, 0.1) is 10.1 Å². The van der Waals surface area contributed by atoms with Gasteiger partial charge in [0.05, 0.1) is 17.1 Å². The average molecular weight is 342 g/mol. The zero-order valence-corrected chi connectivity index (χ0v) is 14.2. The smallest absolute Gasteiger partial charge is 0.271 e. The lowest BCUT2D eigenvalue weighted by atomic mass is 10.1. The maximum absolute atomic E-state index is 12.5. The number of hydrogen-bond acceptors (Lipinski definition) is 4. The topological polar surface area (TPSA) is 81.5 Å². The number of nitrogens with one attached hydrogen (secondary N) is 1. The summed E-state index contributed by atoms with van der Waals surface area (Å²) < 4.78 is 5.74. The first-order chi connectivity index (χ1) is 12.1. The highest BCUT2D eigenvalue weighted by atomic mass is 16.6. The minimum atomic E-state index is -0.497. The molecule has 6 nitrogen and oxygen atoms in total. The number of amides is 1. The summed E-state index contributed by atoms with van der Waals surface area (Å²) in [5, 5.41) is 13.5. The number of carbonyl (C=O) groups excluding carboxylic acids is 1. The Morgan fingerprint density at radius 3 is 2.68 bits per heavy atom. The molecule has 1 N–H and O–H groups in total. The Kier molecular flexibility index (Phi) is 6.95. The van der Waals surface area contributed by atoms with Crippen molar-refractivity contribution in [3.63, 3.8) is 0 Å². The van der Waals surface area contributed by atoms with Crippen LogP contribution < -0.4 is 10.1 Å². The standard InChI is InChI=1S/C19H22N2O4/c1-2-3-4-7-13-25-18-12-6-5-11-17(18)19(22)20-15-9-8-10-16(14-15)21(23)24/h5-6,8-12,14H,2-4,7,13H2,1H3,(H,20,22). The Labute approximate surface area is 147 Å². The molecule has 0 aliphatic carbocycles. The van der Waals surface area contributed by atoms with E-state index in [1.807, 2.05) is 6.07 Å². The van der Waals surface area contributed by atoms with E-state index in [9.17, 15) is 14.9 Å². The summed E-state index contributed by atoms with van der Waals surface area (Å²) in [6.45, 7) is 2.70. The molecule has 0 aromatic heterocycles. The number of nitrogens with zero attached hydrogens (tertiary/aromatic N) is 1. The molecule has 2 rings (SSSR count). The van der Waals surface area contributed by atoms with Gasteiger partial charge in [-0.15, -0.1) is 0 Å². The van der Waals surface area contributed by atoms with Crippen LogP contribution in [-0.4, -0.2) is 17.4 Å². The number of ether oxygens (including phenoxy) is 1. The third-order valence-electron chi connectivity index (χ3n) is 3.70. The molecule has 0 bridgehead atoms. The van der Waals surface area contributed by atoms with Crippen molar-refractivity contribution >= 4 is 17.3 Å². The van der Waals surface area contributed by atoms with Crippen LogP contribution in [0.1, 0.15) is 43.0 Å². The van der Waals surface area contributed by atoms with Crippen LogP contribution >= 0.6 is 0 Å². The van der Waals surface area contributed by atoms with E-state index in [1.54, 1.807) is 24.3 Å². The van der Waals surface area contributed by atoms with Crippen molar-refractivity contribution in [1.29, 1.82) is 0 Å². The normalized spacial score (nSPS) is 10.3. The van der Waals surface area contributed by atoms with Gasteiger partial charge >= 0.3 is 0 Å². The van der Waals surface area contributed by atoms with Gasteiger partial charge < -0.3 is 10.1 Å². The molecule has 0 unspecified atom stereocenters. The second kappa shape index (κ2) is 9.42. The number of nitro groups is 1. The summed E-state index contributed by atoms with van der Waals surface area (Å²) in [7, 11) is 0. The predicted molar refractivity (Wildman–Crippen MR) is 97.1 cm³/mol. The maximum atomic E-state index is 12.5. The molecular formula is C19H22N2O4. The van der Waals surface area contributed by atoms with Crippen LogP contribution in [0.25, 0.3) is 0 Å². The summed E-state index contributed by atoms with van der Waals surface area (Å²) in [4.78, 5) is 22.8. The third kappa shape index (κ3) is 5.60. The molecule has 0 radical (unpaired) electrons. The zero-order chi connectivity index (χ0) is 18.1. The number of para-hydroxylation sites is 1. The molecule has 132 valence electrons. The van der Waals surface area contributed by atoms with Gasteiger partial charge in [0, 0.05) is 17.8 Å². The molecule has 1 amide bonds. The molecule has 2 aromatic carbocycles. The number of benzene rings is 2. The first-order valence-electron chi connectivity index (χ1n) is 8.39. The summed E-state index contributed by atoms with van der Waals surface area (Å²) in [6, 6.07) is 12.8. The van der Waals surface area contributed by atoms with Gasteiger partial charge in [-0.3, -0.25) is 14.9 Å². The molecule has 0 fully saturated rings. The zero-order valence-electron chi connectivity index (χ0n) is 14.2. The highest BCUT2D eigenvalue weighted by molar-refractivity contribution is 6.06. The Bertz CT molecular complexity index is 731. The predicted octanol–water partition coefficient (Wildman–Crippen LogP) is 4.81. The van der Waals surface area contributed by atoms with E-state index in [2.05, 4.69) is 12.2 Å². The number of rotatable bonds is 9. The molecule has 25 heavy (non-hydrogen) atoms. The van der Waals surface area contributed by atoms with Gasteiger partial charge in [0.15, 0.2) is 0 Å². The molecular weight excluding hydrogens is 320 g/mol. The van der Waals surface area contributed by atoms with Gasteiger partial charge in [0.1, 0.15) is 5.75 Å². The maximum Gasteiger partial charge on any atom is 0.271 e. The molecule has 0 heterocycles. The van der Waals surface area contributed by atoms with E-state index in [4.69, 9.17) is 4.74 Å². The van der Waals surface area contributed by atoms with Crippen LogP contribution in [0.15, 0.2) is 48.5 Å². The third-order valence-corrected chi connectivity index (χ3v) is 3.70. The van der Waals surface area contributed by atoms with Crippen molar-refractivity contribution in [2.45, 2.75) is 32.6 Å². The van der Waals surface area contributed by atoms with Gasteiger partial charge in [-0.1, -0.05) is 44.4 Å². The number of nitro benzene ring substituents is 1. The highest BCUT2D eigenvalue weighted by Crippen LogP contribution is 2.22. The van der Waals surface area contributed by atoms with E-state index >= 15 is 0 Å². The van der Waals surface area contributed by atoms with Crippen LogP contribution in [0.5, 0.6) is 5.75 Å². The molecule has 0 aliphatic rings. The quantitative estimate of drug-likeness (QED) is 0.403. The van der Waals surface area contributed by atoms with Crippen LogP contribution in [0.4, 0.5) is 11.4 Å². The van der Waals surface area contributed by atoms with Crippen molar-refractivity contribution in [2.24, 2.45) is 0 Å². The number of anilines is 1. The Hall–Kier alpha value is -2.89. The van der Waals surface area contributed by atoms with Gasteiger partial charge in [0.25, 0.3) is 11.6 Å². The number of non-ortho nitro benzene ring substituents is 1. The summed E-state index contributed by atoms with van der Waals surface area (Å²) in [5.41, 5.74) is 0.708. The van der Waals surface area contributed by atoms with Crippen LogP contribution in [0.3, 0.4) is 0 Å². The largest absolute Gasteiger partial charge is 0.493 e. The lowest BCUT2D eigenvalue weighted by molar-refractivity contribution is -0.384. The van der Waals surface area contributed by atoms with E-state index in [0.717, 1.165) is 25.7 Å². The lowest BCUT2D eigenvalue weighted by Gasteiger charge is -2.11. The van der Waals surface area contributed by atoms with Crippen molar-refractivity contribution in [3.8, 4) is 5.75 Å². The lowest BCUT2D eigenvalue weighted by Crippen LogP contribution is -2.14. The summed E-state index contributed by atoms with van der Waals surface area (Å²) >= 11 is 0. The summed E-state index contributed by atoms with van der Waals surface area (Å²) in [5.74, 6) is 0.159. The van der Waals surface area contributed by atoms with Crippen molar-refractivity contribution < 1.29 is 14.5 Å². The Morgan fingerprint density at radius 1 is 1.12 bits per heavy atom. The van der Waals surface area contributed by atoms with E-state index < -0.39 is 4.92 Å². The fourth-order valence-electron chi connectivity index (χ4n) is 2.39. The first kappa shape index (κ1) is 18.4. The molecule has 0 atom stereocenters. The number of hydrogen-bond donors (Lipinski definition) is 1. The highest BCUT2D eigenvalue weighted by Gasteiger charge is 2.14. The van der Waals surface area contributed by atoms with Crippen LogP contribution in [0.2, 0.25) is 0 Å². The van der Waals surface area contributed by atoms with Gasteiger partial charge in [-0.25, -0.2) is 0 Å². The molecule has 0 aliphatic heterocycles. The molecule has 0 saturated heterocycles. The second-order valence-electron chi connectivity index (χ2n) is 5.67. The monoisotopic (exact) mass is 342 g/mol. The minimum absolute atomic E-state index is 0.0711. The molecule has 0 spiro atoms. The van der Waals surface area contributed by atoms with Gasteiger partial charge in [-0.05, 0) is 24.6 Å². The Morgan fingerprint density at radius 2 is 1.92 bits per heavy atom. The molecule has 0 saturated carbocycles. The second-order valence-corrected chi connectivity index (χ2v) is 5.67. The van der Waals surface area contributed by atoms with Crippen molar-refractivity contribution in [1.82, 2.24) is 0 Å². The summed E-state index contributed by atoms with van der Waals surface area (Å²) in [6.07, 6.45) is 4.35. The van der Waals surface area contributed by atoms with E-state index in [0.29, 0.717) is 23.6 Å². The van der Waals surface area contributed by atoms with E-state index in [1.165, 1.54) is 18.2 Å². The fraction of sp³-hybridized carbons (Fsp3) is 0.316. The van der Waals surface area contributed by atoms with E-state index in [-0.39, 0.29) is 11.6 Å². The van der Waals surface area contributed by atoms with Gasteiger partial charge in [-0.2, -0.15) is 0 Å². The van der Waals surface area contributed by atoms with Crippen molar-refractivity contribution in [3.05, 3.63) is 64.2 Å². The minimum Gasteiger partial charge on any atom is -0.493 e. The Balaban J connectivity index is 2.04.